The lowest BCUT2D eigenvalue weighted by Gasteiger charge is -2.25. The minimum atomic E-state index is -0.0201. The molecule has 25 heavy (non-hydrogen) atoms. The van der Waals surface area contributed by atoms with Gasteiger partial charge in [-0.1, -0.05) is 0 Å². The summed E-state index contributed by atoms with van der Waals surface area (Å²) in [6.45, 7) is 2.51. The molecule has 2 aromatic heterocycles. The third-order valence-corrected chi connectivity index (χ3v) is 5.22. The number of amides is 1. The highest BCUT2D eigenvalue weighted by Crippen LogP contribution is 2.27. The molecule has 3 N–H and O–H groups in total. The van der Waals surface area contributed by atoms with Crippen molar-refractivity contribution in [2.75, 3.05) is 30.3 Å². The molecule has 1 fully saturated rings. The number of H-pyrrole nitrogens is 1. The van der Waals surface area contributed by atoms with Gasteiger partial charge in [-0.3, -0.25) is 4.79 Å². The molecule has 0 spiro atoms. The van der Waals surface area contributed by atoms with Gasteiger partial charge in [0, 0.05) is 31.1 Å². The summed E-state index contributed by atoms with van der Waals surface area (Å²) in [6, 6.07) is 0.394. The van der Waals surface area contributed by atoms with Crippen molar-refractivity contribution in [2.24, 2.45) is 0 Å². The predicted octanol–water partition coefficient (Wildman–Crippen LogP) is 1.04. The zero-order valence-corrected chi connectivity index (χ0v) is 15.2. The van der Waals surface area contributed by atoms with Crippen molar-refractivity contribution in [2.45, 2.75) is 18.9 Å². The maximum Gasteiger partial charge on any atom is 0.259 e. The molecule has 0 bridgehead atoms. The van der Waals surface area contributed by atoms with E-state index in [1.165, 1.54) is 12.7 Å². The van der Waals surface area contributed by atoms with E-state index in [9.17, 15) is 4.79 Å². The number of anilines is 1. The number of thioether (sulfide) groups is 1. The van der Waals surface area contributed by atoms with E-state index in [2.05, 4.69) is 30.6 Å². The van der Waals surface area contributed by atoms with Gasteiger partial charge in [-0.15, -0.1) is 24.2 Å². The minimum Gasteiger partial charge on any atom is -0.350 e. The summed E-state index contributed by atoms with van der Waals surface area (Å²) in [6.07, 6.45) is 7.28. The second kappa shape index (κ2) is 8.03. The Morgan fingerprint density at radius 1 is 1.40 bits per heavy atom. The summed E-state index contributed by atoms with van der Waals surface area (Å²) in [4.78, 5) is 30.8. The van der Waals surface area contributed by atoms with Gasteiger partial charge in [0.15, 0.2) is 11.5 Å². The van der Waals surface area contributed by atoms with Crippen molar-refractivity contribution < 1.29 is 4.79 Å². The molecule has 1 atom stereocenters. The van der Waals surface area contributed by atoms with Gasteiger partial charge < -0.3 is 20.5 Å². The molecule has 10 heteroatoms. The highest BCUT2D eigenvalue weighted by Gasteiger charge is 2.22. The van der Waals surface area contributed by atoms with Crippen LogP contribution in [0.1, 0.15) is 12.8 Å². The summed E-state index contributed by atoms with van der Waals surface area (Å²) in [5, 5.41) is 6.42. The molecule has 1 amide bonds. The van der Waals surface area contributed by atoms with Crippen LogP contribution in [0.3, 0.4) is 0 Å². The number of hydrogen-bond acceptors (Lipinski definition) is 7. The summed E-state index contributed by atoms with van der Waals surface area (Å²) < 4.78 is 0. The first kappa shape index (κ1) is 18.0. The highest BCUT2D eigenvalue weighted by molar-refractivity contribution is 8.04. The normalized spacial score (nSPS) is 20.2. The third-order valence-electron chi connectivity index (χ3n) is 4.23. The molecule has 4 rings (SSSR count). The Bertz CT molecular complexity index is 774. The highest BCUT2D eigenvalue weighted by atomic mass is 35.5. The molecule has 134 valence electrons. The van der Waals surface area contributed by atoms with Crippen LogP contribution in [0.2, 0.25) is 0 Å². The first-order chi connectivity index (χ1) is 11.8. The Labute approximate surface area is 155 Å². The molecular formula is C15H20ClN7OS. The van der Waals surface area contributed by atoms with Gasteiger partial charge in [0.05, 0.1) is 11.2 Å². The van der Waals surface area contributed by atoms with Crippen LogP contribution in [0.5, 0.6) is 0 Å². The lowest BCUT2D eigenvalue weighted by atomic mass is 10.2. The molecule has 2 aliphatic heterocycles. The summed E-state index contributed by atoms with van der Waals surface area (Å²) >= 11 is 1.58. The number of nitrogens with zero attached hydrogens (tertiary/aromatic N) is 4. The fourth-order valence-electron chi connectivity index (χ4n) is 2.99. The monoisotopic (exact) mass is 381 g/mol. The van der Waals surface area contributed by atoms with Gasteiger partial charge in [0.25, 0.3) is 5.91 Å². The summed E-state index contributed by atoms with van der Waals surface area (Å²) in [5.74, 6) is 1.56. The van der Waals surface area contributed by atoms with Gasteiger partial charge in [-0.05, 0) is 19.4 Å². The average Bonchev–Trinajstić information content (AvgIpc) is 3.30. The number of hydrogen-bond donors (Lipinski definition) is 3. The Balaban J connectivity index is 0.00000182. The Kier molecular flexibility index (Phi) is 5.77. The van der Waals surface area contributed by atoms with Gasteiger partial charge >= 0.3 is 0 Å². The fraction of sp³-hybridized carbons (Fsp3) is 0.467. The molecule has 8 nitrogen and oxygen atoms in total. The van der Waals surface area contributed by atoms with Crippen LogP contribution in [-0.2, 0) is 4.79 Å². The van der Waals surface area contributed by atoms with Crippen molar-refractivity contribution in [1.29, 1.82) is 0 Å². The molecule has 2 aliphatic rings. The molecule has 4 heterocycles. The molecule has 2 aromatic rings. The van der Waals surface area contributed by atoms with Crippen LogP contribution in [0.15, 0.2) is 23.8 Å². The second-order valence-electron chi connectivity index (χ2n) is 5.84. The number of aromatic nitrogens is 4. The fourth-order valence-corrected chi connectivity index (χ4v) is 3.91. The molecule has 0 aromatic carbocycles. The van der Waals surface area contributed by atoms with Crippen molar-refractivity contribution in [3.8, 4) is 0 Å². The van der Waals surface area contributed by atoms with Gasteiger partial charge in [-0.2, -0.15) is 0 Å². The third kappa shape index (κ3) is 3.88. The standard InChI is InChI=1S/C15H19N7OS.ClH/c23-15(17-6-10-2-1-3-16-10)11-7-22(4-5-24-11)14-12-13(19-8-18-12)20-9-21-14;/h7-10,16H,1-6H2,(H,17,23)(H,18,19,20,21);1H/t10-;/m1./s1. The topological polar surface area (TPSA) is 98.8 Å². The number of rotatable bonds is 4. The number of imidazole rings is 1. The minimum absolute atomic E-state index is 0. The first-order valence-corrected chi connectivity index (χ1v) is 9.07. The molecule has 0 saturated carbocycles. The molecule has 0 unspecified atom stereocenters. The molecule has 0 aliphatic carbocycles. The number of halogens is 1. The number of carbonyl (C=O) groups is 1. The summed E-state index contributed by atoms with van der Waals surface area (Å²) in [5.41, 5.74) is 1.42. The maximum atomic E-state index is 12.4. The maximum absolute atomic E-state index is 12.4. The average molecular weight is 382 g/mol. The zero-order chi connectivity index (χ0) is 16.4. The van der Waals surface area contributed by atoms with E-state index in [0.29, 0.717) is 23.1 Å². The van der Waals surface area contributed by atoms with Crippen molar-refractivity contribution in [3.05, 3.63) is 23.8 Å². The van der Waals surface area contributed by atoms with Crippen LogP contribution >= 0.6 is 24.2 Å². The van der Waals surface area contributed by atoms with Crippen LogP contribution in [0.4, 0.5) is 5.82 Å². The van der Waals surface area contributed by atoms with Crippen molar-refractivity contribution >= 4 is 47.1 Å². The number of fused-ring (bicyclic) bond motifs is 1. The van der Waals surface area contributed by atoms with E-state index >= 15 is 0 Å². The summed E-state index contributed by atoms with van der Waals surface area (Å²) in [7, 11) is 0. The number of nitrogens with one attached hydrogen (secondary N) is 3. The van der Waals surface area contributed by atoms with E-state index in [0.717, 1.165) is 36.6 Å². The van der Waals surface area contributed by atoms with Crippen LogP contribution in [0.25, 0.3) is 11.2 Å². The largest absolute Gasteiger partial charge is 0.350 e. The smallest absolute Gasteiger partial charge is 0.259 e. The van der Waals surface area contributed by atoms with E-state index < -0.39 is 0 Å². The Morgan fingerprint density at radius 2 is 2.32 bits per heavy atom. The van der Waals surface area contributed by atoms with E-state index in [1.54, 1.807) is 18.1 Å². The van der Waals surface area contributed by atoms with Gasteiger partial charge in [0.1, 0.15) is 11.8 Å². The molecule has 0 radical (unpaired) electrons. The van der Waals surface area contributed by atoms with Crippen molar-refractivity contribution in [3.63, 3.8) is 0 Å². The van der Waals surface area contributed by atoms with Gasteiger partial charge in [0.2, 0.25) is 0 Å². The quantitative estimate of drug-likeness (QED) is 0.727. The van der Waals surface area contributed by atoms with E-state index in [4.69, 9.17) is 0 Å². The predicted molar refractivity (Wildman–Crippen MR) is 101 cm³/mol. The molecule has 1 saturated heterocycles. The first-order valence-electron chi connectivity index (χ1n) is 8.08. The van der Waals surface area contributed by atoms with E-state index in [-0.39, 0.29) is 18.3 Å². The van der Waals surface area contributed by atoms with Crippen LogP contribution < -0.4 is 15.5 Å². The lowest BCUT2D eigenvalue weighted by molar-refractivity contribution is -0.116. The van der Waals surface area contributed by atoms with Crippen LogP contribution in [0, 0.1) is 0 Å². The van der Waals surface area contributed by atoms with Crippen molar-refractivity contribution in [1.82, 2.24) is 30.6 Å². The van der Waals surface area contributed by atoms with E-state index in [1.807, 2.05) is 11.1 Å². The Hall–Kier alpha value is -1.84. The molecular weight excluding hydrogens is 362 g/mol. The second-order valence-corrected chi connectivity index (χ2v) is 6.97. The lowest BCUT2D eigenvalue weighted by Crippen LogP contribution is -2.38. The number of carbonyl (C=O) groups excluding carboxylic acids is 1. The number of aromatic amines is 1. The van der Waals surface area contributed by atoms with Crippen LogP contribution in [-0.4, -0.2) is 57.3 Å². The Morgan fingerprint density at radius 3 is 3.16 bits per heavy atom. The SMILES string of the molecule is Cl.O=C(NC[C@H]1CCCN1)C1=CN(c2ncnc3nc[nH]c23)CCS1. The van der Waals surface area contributed by atoms with Gasteiger partial charge in [-0.25, -0.2) is 15.0 Å². The zero-order valence-electron chi connectivity index (χ0n) is 13.6.